The molecule has 1 fully saturated rings. The van der Waals surface area contributed by atoms with Gasteiger partial charge in [0.25, 0.3) is 0 Å². The van der Waals surface area contributed by atoms with Crippen LogP contribution >= 0.6 is 0 Å². The van der Waals surface area contributed by atoms with Crippen molar-refractivity contribution in [2.75, 3.05) is 20.8 Å². The van der Waals surface area contributed by atoms with E-state index in [0.29, 0.717) is 12.4 Å². The highest BCUT2D eigenvalue weighted by Gasteiger charge is 2.29. The molecule has 1 saturated heterocycles. The molecule has 1 atom stereocenters. The second kappa shape index (κ2) is 8.02. The summed E-state index contributed by atoms with van der Waals surface area (Å²) in [4.78, 5) is 6.98. The molecule has 0 radical (unpaired) electrons. The van der Waals surface area contributed by atoms with Gasteiger partial charge in [-0.15, -0.1) is 0 Å². The van der Waals surface area contributed by atoms with E-state index < -0.39 is 0 Å². The van der Waals surface area contributed by atoms with Crippen LogP contribution in [-0.2, 0) is 6.54 Å². The van der Waals surface area contributed by atoms with Crippen LogP contribution in [0.4, 0.5) is 4.39 Å². The maximum atomic E-state index is 13.1. The summed E-state index contributed by atoms with van der Waals surface area (Å²) >= 11 is 0. The third kappa shape index (κ3) is 3.73. The van der Waals surface area contributed by atoms with Crippen LogP contribution in [0.3, 0.4) is 0 Å². The number of hydrogen-bond acceptors (Lipinski definition) is 5. The standard InChI is InChI=1S/C22H23FN2O3/c1-26-18-9-10-19(21(12-18)27-2)20-4-3-11-25(20)13-17-14-28-22(24-17)15-5-7-16(23)8-6-15/h5-10,12,14,20H,3-4,11,13H2,1-2H3. The van der Waals surface area contributed by atoms with Gasteiger partial charge in [0.2, 0.25) is 5.89 Å². The topological polar surface area (TPSA) is 47.7 Å². The Morgan fingerprint density at radius 1 is 1.14 bits per heavy atom. The smallest absolute Gasteiger partial charge is 0.226 e. The lowest BCUT2D eigenvalue weighted by molar-refractivity contribution is 0.240. The molecule has 1 unspecified atom stereocenters. The van der Waals surface area contributed by atoms with Gasteiger partial charge in [-0.3, -0.25) is 4.90 Å². The normalized spacial score (nSPS) is 17.0. The Morgan fingerprint density at radius 2 is 1.96 bits per heavy atom. The Kier molecular flexibility index (Phi) is 5.30. The van der Waals surface area contributed by atoms with Crippen molar-refractivity contribution in [3.8, 4) is 23.0 Å². The van der Waals surface area contributed by atoms with E-state index in [1.54, 1.807) is 32.6 Å². The van der Waals surface area contributed by atoms with E-state index in [4.69, 9.17) is 13.9 Å². The van der Waals surface area contributed by atoms with Crippen LogP contribution in [0.2, 0.25) is 0 Å². The van der Waals surface area contributed by atoms with Crippen LogP contribution < -0.4 is 9.47 Å². The van der Waals surface area contributed by atoms with Crippen molar-refractivity contribution < 1.29 is 18.3 Å². The Hall–Kier alpha value is -2.86. The summed E-state index contributed by atoms with van der Waals surface area (Å²) in [5, 5.41) is 0. The van der Waals surface area contributed by atoms with Crippen molar-refractivity contribution in [1.82, 2.24) is 9.88 Å². The van der Waals surface area contributed by atoms with Gasteiger partial charge >= 0.3 is 0 Å². The minimum absolute atomic E-state index is 0.256. The van der Waals surface area contributed by atoms with E-state index in [1.807, 2.05) is 12.1 Å². The predicted molar refractivity (Wildman–Crippen MR) is 104 cm³/mol. The maximum absolute atomic E-state index is 13.1. The Bertz CT molecular complexity index is 939. The number of nitrogens with zero attached hydrogens (tertiary/aromatic N) is 2. The van der Waals surface area contributed by atoms with Crippen LogP contribution in [0.25, 0.3) is 11.5 Å². The molecule has 28 heavy (non-hydrogen) atoms. The van der Waals surface area contributed by atoms with E-state index in [9.17, 15) is 4.39 Å². The molecular weight excluding hydrogens is 359 g/mol. The van der Waals surface area contributed by atoms with E-state index in [2.05, 4.69) is 16.0 Å². The molecule has 0 amide bonds. The molecule has 4 rings (SSSR count). The van der Waals surface area contributed by atoms with Crippen molar-refractivity contribution in [3.05, 3.63) is 65.8 Å². The van der Waals surface area contributed by atoms with Gasteiger partial charge in [-0.05, 0) is 49.7 Å². The van der Waals surface area contributed by atoms with E-state index in [0.717, 1.165) is 47.7 Å². The summed E-state index contributed by atoms with van der Waals surface area (Å²) in [6.45, 7) is 1.67. The number of oxazole rings is 1. The van der Waals surface area contributed by atoms with Gasteiger partial charge in [0.05, 0.1) is 19.9 Å². The number of rotatable bonds is 6. The van der Waals surface area contributed by atoms with Gasteiger partial charge in [0, 0.05) is 29.8 Å². The second-order valence-corrected chi connectivity index (χ2v) is 6.89. The summed E-state index contributed by atoms with van der Waals surface area (Å²) in [7, 11) is 3.34. The first-order valence-electron chi connectivity index (χ1n) is 9.34. The number of halogens is 1. The fourth-order valence-electron chi connectivity index (χ4n) is 3.77. The number of ether oxygens (including phenoxy) is 2. The first kappa shape index (κ1) is 18.5. The summed E-state index contributed by atoms with van der Waals surface area (Å²) in [5.74, 6) is 1.85. The number of likely N-dealkylation sites (tertiary alicyclic amines) is 1. The molecule has 1 aliphatic rings. The first-order chi connectivity index (χ1) is 13.7. The van der Waals surface area contributed by atoms with Gasteiger partial charge < -0.3 is 13.9 Å². The molecule has 6 heteroatoms. The number of benzene rings is 2. The second-order valence-electron chi connectivity index (χ2n) is 6.89. The maximum Gasteiger partial charge on any atom is 0.226 e. The molecule has 2 aromatic carbocycles. The minimum Gasteiger partial charge on any atom is -0.497 e. The third-order valence-electron chi connectivity index (χ3n) is 5.17. The van der Waals surface area contributed by atoms with Crippen LogP contribution in [-0.4, -0.2) is 30.6 Å². The number of hydrogen-bond donors (Lipinski definition) is 0. The third-order valence-corrected chi connectivity index (χ3v) is 5.17. The van der Waals surface area contributed by atoms with Crippen molar-refractivity contribution >= 4 is 0 Å². The number of aromatic nitrogens is 1. The highest BCUT2D eigenvalue weighted by molar-refractivity contribution is 5.52. The first-order valence-corrected chi connectivity index (χ1v) is 9.34. The van der Waals surface area contributed by atoms with Crippen molar-refractivity contribution in [2.45, 2.75) is 25.4 Å². The van der Waals surface area contributed by atoms with Gasteiger partial charge in [0.15, 0.2) is 0 Å². The number of methoxy groups -OCH3 is 2. The highest BCUT2D eigenvalue weighted by atomic mass is 19.1. The largest absolute Gasteiger partial charge is 0.497 e. The minimum atomic E-state index is -0.274. The summed E-state index contributed by atoms with van der Waals surface area (Å²) in [6, 6.07) is 12.4. The molecule has 1 aromatic heterocycles. The zero-order valence-corrected chi connectivity index (χ0v) is 16.0. The fraction of sp³-hybridized carbons (Fsp3) is 0.318. The zero-order chi connectivity index (χ0) is 19.5. The van der Waals surface area contributed by atoms with Crippen LogP contribution in [0.1, 0.15) is 30.1 Å². The SMILES string of the molecule is COc1ccc(C2CCCN2Cc2coc(-c3ccc(F)cc3)n2)c(OC)c1. The van der Waals surface area contributed by atoms with Crippen molar-refractivity contribution in [1.29, 1.82) is 0 Å². The zero-order valence-electron chi connectivity index (χ0n) is 16.0. The van der Waals surface area contributed by atoms with Gasteiger partial charge in [-0.25, -0.2) is 9.37 Å². The predicted octanol–water partition coefficient (Wildman–Crippen LogP) is 4.84. The molecule has 146 valence electrons. The fourth-order valence-corrected chi connectivity index (χ4v) is 3.77. The van der Waals surface area contributed by atoms with Gasteiger partial charge in [0.1, 0.15) is 23.6 Å². The van der Waals surface area contributed by atoms with Crippen molar-refractivity contribution in [3.63, 3.8) is 0 Å². The van der Waals surface area contributed by atoms with E-state index in [-0.39, 0.29) is 11.9 Å². The molecule has 1 aliphatic heterocycles. The lowest BCUT2D eigenvalue weighted by atomic mass is 10.0. The molecular formula is C22H23FN2O3. The lowest BCUT2D eigenvalue weighted by Gasteiger charge is -2.25. The van der Waals surface area contributed by atoms with E-state index >= 15 is 0 Å². The highest BCUT2D eigenvalue weighted by Crippen LogP contribution is 2.39. The monoisotopic (exact) mass is 382 g/mol. The quantitative estimate of drug-likeness (QED) is 0.611. The molecule has 0 N–H and O–H groups in total. The average molecular weight is 382 g/mol. The summed E-state index contributed by atoms with van der Waals surface area (Å²) in [5.41, 5.74) is 2.78. The van der Waals surface area contributed by atoms with Crippen molar-refractivity contribution in [2.24, 2.45) is 0 Å². The molecule has 2 heterocycles. The van der Waals surface area contributed by atoms with Gasteiger partial charge in [-0.1, -0.05) is 6.07 Å². The molecule has 3 aromatic rings. The average Bonchev–Trinajstić information content (AvgIpc) is 3.38. The molecule has 5 nitrogen and oxygen atoms in total. The Balaban J connectivity index is 1.53. The van der Waals surface area contributed by atoms with Gasteiger partial charge in [-0.2, -0.15) is 0 Å². The van der Waals surface area contributed by atoms with E-state index in [1.165, 1.54) is 12.1 Å². The summed E-state index contributed by atoms with van der Waals surface area (Å²) < 4.78 is 29.6. The van der Waals surface area contributed by atoms with Crippen LogP contribution in [0.15, 0.2) is 53.1 Å². The van der Waals surface area contributed by atoms with Crippen LogP contribution in [0.5, 0.6) is 11.5 Å². The molecule has 0 saturated carbocycles. The molecule has 0 spiro atoms. The van der Waals surface area contributed by atoms with Crippen LogP contribution in [0, 0.1) is 5.82 Å². The molecule has 0 aliphatic carbocycles. The summed E-state index contributed by atoms with van der Waals surface area (Å²) in [6.07, 6.45) is 3.85. The Morgan fingerprint density at radius 3 is 2.71 bits per heavy atom. The lowest BCUT2D eigenvalue weighted by Crippen LogP contribution is -2.23. The molecule has 0 bridgehead atoms. The Labute approximate surface area is 163 Å².